The van der Waals surface area contributed by atoms with Gasteiger partial charge in [-0.15, -0.1) is 0 Å². The van der Waals surface area contributed by atoms with Gasteiger partial charge in [0.25, 0.3) is 5.91 Å². The zero-order chi connectivity index (χ0) is 15.3. The molecule has 1 rings (SSSR count). The molecular weight excluding hydrogens is 270 g/mol. The Morgan fingerprint density at radius 3 is 3.05 bits per heavy atom. The van der Waals surface area contributed by atoms with Gasteiger partial charge in [0.15, 0.2) is 0 Å². The number of pyridine rings is 1. The largest absolute Gasteiger partial charge is 0.382 e. The minimum atomic E-state index is -0.242. The summed E-state index contributed by atoms with van der Waals surface area (Å²) in [7, 11) is 1.63. The molecule has 6 nitrogen and oxygen atoms in total. The van der Waals surface area contributed by atoms with Crippen molar-refractivity contribution in [1.29, 1.82) is 0 Å². The van der Waals surface area contributed by atoms with Crippen molar-refractivity contribution in [2.24, 2.45) is 5.73 Å². The van der Waals surface area contributed by atoms with Crippen molar-refractivity contribution in [3.05, 3.63) is 29.6 Å². The second kappa shape index (κ2) is 10.8. The predicted molar refractivity (Wildman–Crippen MR) is 79.8 cm³/mol. The molecule has 0 fully saturated rings. The molecule has 1 amide bonds. The average Bonchev–Trinajstić information content (AvgIpc) is 2.52. The van der Waals surface area contributed by atoms with Crippen LogP contribution in [0.2, 0.25) is 0 Å². The van der Waals surface area contributed by atoms with Crippen LogP contribution in [0.15, 0.2) is 18.3 Å². The molecule has 0 atom stereocenters. The number of hydrogen-bond acceptors (Lipinski definition) is 5. The number of nitrogens with two attached hydrogens (primary N) is 1. The highest BCUT2D eigenvalue weighted by Crippen LogP contribution is 2.03. The molecule has 114 valence electrons. The minimum Gasteiger partial charge on any atom is -0.382 e. The zero-order valence-corrected chi connectivity index (χ0v) is 12.2. The van der Waals surface area contributed by atoms with E-state index in [1.165, 1.54) is 0 Å². The van der Waals surface area contributed by atoms with E-state index in [0.717, 1.165) is 6.42 Å². The number of rotatable bonds is 8. The van der Waals surface area contributed by atoms with Crippen LogP contribution in [0.1, 0.15) is 22.5 Å². The van der Waals surface area contributed by atoms with E-state index in [1.54, 1.807) is 25.4 Å². The fraction of sp³-hybridized carbons (Fsp3) is 0.467. The van der Waals surface area contributed by atoms with E-state index in [9.17, 15) is 4.79 Å². The first-order valence-corrected chi connectivity index (χ1v) is 6.78. The van der Waals surface area contributed by atoms with E-state index in [4.69, 9.17) is 15.2 Å². The Bertz CT molecular complexity index is 494. The fourth-order valence-corrected chi connectivity index (χ4v) is 1.54. The lowest BCUT2D eigenvalue weighted by Crippen LogP contribution is -2.27. The van der Waals surface area contributed by atoms with Crippen molar-refractivity contribution in [3.63, 3.8) is 0 Å². The third-order valence-electron chi connectivity index (χ3n) is 2.53. The summed E-state index contributed by atoms with van der Waals surface area (Å²) in [5.41, 5.74) is 6.23. The van der Waals surface area contributed by atoms with Crippen LogP contribution in [0, 0.1) is 11.8 Å². The van der Waals surface area contributed by atoms with Gasteiger partial charge in [0.2, 0.25) is 0 Å². The average molecular weight is 291 g/mol. The molecule has 0 unspecified atom stereocenters. The minimum absolute atomic E-state index is 0.242. The molecule has 0 aromatic carbocycles. The molecule has 1 aromatic heterocycles. The van der Waals surface area contributed by atoms with Gasteiger partial charge in [-0.3, -0.25) is 4.79 Å². The Hall–Kier alpha value is -1.94. The van der Waals surface area contributed by atoms with Crippen LogP contribution in [-0.2, 0) is 9.47 Å². The van der Waals surface area contributed by atoms with Gasteiger partial charge in [-0.25, -0.2) is 4.98 Å². The molecule has 0 spiro atoms. The summed E-state index contributed by atoms with van der Waals surface area (Å²) in [4.78, 5) is 16.1. The third-order valence-corrected chi connectivity index (χ3v) is 2.53. The van der Waals surface area contributed by atoms with Crippen molar-refractivity contribution in [2.75, 3.05) is 40.0 Å². The van der Waals surface area contributed by atoms with Gasteiger partial charge in [0.1, 0.15) is 5.69 Å². The van der Waals surface area contributed by atoms with Gasteiger partial charge in [0, 0.05) is 26.5 Å². The number of methoxy groups -OCH3 is 1. The quantitative estimate of drug-likeness (QED) is 0.527. The summed E-state index contributed by atoms with van der Waals surface area (Å²) in [5.74, 6) is 5.32. The first-order chi connectivity index (χ1) is 10.3. The number of nitrogens with zero attached hydrogens (tertiary/aromatic N) is 1. The third kappa shape index (κ3) is 6.86. The summed E-state index contributed by atoms with van der Waals surface area (Å²) >= 11 is 0. The van der Waals surface area contributed by atoms with E-state index < -0.39 is 0 Å². The van der Waals surface area contributed by atoms with Crippen molar-refractivity contribution < 1.29 is 14.3 Å². The standard InChI is InChI=1S/C15H21N3O3/c1-20-11-12-21-10-4-9-18-15(19)14-13(5-2-7-16)6-3-8-17-14/h3,6,8H,4,7,9-12,16H2,1H3,(H,18,19). The highest BCUT2D eigenvalue weighted by atomic mass is 16.5. The number of amides is 1. The number of hydrogen-bond donors (Lipinski definition) is 2. The van der Waals surface area contributed by atoms with Crippen molar-refractivity contribution in [3.8, 4) is 11.8 Å². The number of aromatic nitrogens is 1. The molecular formula is C15H21N3O3. The molecule has 0 saturated carbocycles. The monoisotopic (exact) mass is 291 g/mol. The van der Waals surface area contributed by atoms with Gasteiger partial charge < -0.3 is 20.5 Å². The SMILES string of the molecule is COCCOCCCNC(=O)c1ncccc1C#CCN. The van der Waals surface area contributed by atoms with Crippen molar-refractivity contribution >= 4 is 5.91 Å². The summed E-state index contributed by atoms with van der Waals surface area (Å²) in [5, 5.41) is 2.79. The first-order valence-electron chi connectivity index (χ1n) is 6.78. The molecule has 6 heteroatoms. The molecule has 0 radical (unpaired) electrons. The molecule has 0 aliphatic heterocycles. The number of carbonyl (C=O) groups is 1. The van der Waals surface area contributed by atoms with E-state index >= 15 is 0 Å². The maximum atomic E-state index is 12.0. The summed E-state index contributed by atoms with van der Waals surface area (Å²) in [6.07, 6.45) is 2.29. The number of nitrogens with one attached hydrogen (secondary N) is 1. The smallest absolute Gasteiger partial charge is 0.271 e. The molecule has 0 aliphatic carbocycles. The summed E-state index contributed by atoms with van der Waals surface area (Å²) in [6, 6.07) is 3.49. The van der Waals surface area contributed by atoms with Gasteiger partial charge >= 0.3 is 0 Å². The Labute approximate surface area is 125 Å². The Morgan fingerprint density at radius 1 is 1.43 bits per heavy atom. The highest BCUT2D eigenvalue weighted by Gasteiger charge is 2.10. The first kappa shape index (κ1) is 17.1. The molecule has 1 aromatic rings. The van der Waals surface area contributed by atoms with Crippen LogP contribution >= 0.6 is 0 Å². The summed E-state index contributed by atoms with van der Waals surface area (Å²) in [6.45, 7) is 2.47. The normalized spacial score (nSPS) is 9.81. The van der Waals surface area contributed by atoms with Crippen LogP contribution in [-0.4, -0.2) is 50.9 Å². The Kier molecular flexibility index (Phi) is 8.80. The molecule has 0 bridgehead atoms. The molecule has 21 heavy (non-hydrogen) atoms. The lowest BCUT2D eigenvalue weighted by Gasteiger charge is -2.06. The summed E-state index contributed by atoms with van der Waals surface area (Å²) < 4.78 is 10.2. The lowest BCUT2D eigenvalue weighted by molar-refractivity contribution is 0.0688. The van der Waals surface area contributed by atoms with E-state index in [0.29, 0.717) is 37.6 Å². The fourth-order valence-electron chi connectivity index (χ4n) is 1.54. The predicted octanol–water partition coefficient (Wildman–Crippen LogP) is 0.175. The maximum Gasteiger partial charge on any atom is 0.271 e. The Morgan fingerprint density at radius 2 is 2.29 bits per heavy atom. The van der Waals surface area contributed by atoms with E-state index in [-0.39, 0.29) is 12.5 Å². The van der Waals surface area contributed by atoms with E-state index in [2.05, 4.69) is 22.1 Å². The van der Waals surface area contributed by atoms with Crippen LogP contribution in [0.25, 0.3) is 0 Å². The van der Waals surface area contributed by atoms with Crippen LogP contribution in [0.5, 0.6) is 0 Å². The van der Waals surface area contributed by atoms with Gasteiger partial charge in [0.05, 0.1) is 25.3 Å². The second-order valence-electron chi connectivity index (χ2n) is 4.12. The Balaban J connectivity index is 2.38. The highest BCUT2D eigenvalue weighted by molar-refractivity contribution is 5.94. The van der Waals surface area contributed by atoms with Gasteiger partial charge in [-0.2, -0.15) is 0 Å². The van der Waals surface area contributed by atoms with Crippen LogP contribution in [0.4, 0.5) is 0 Å². The second-order valence-corrected chi connectivity index (χ2v) is 4.12. The number of ether oxygens (including phenoxy) is 2. The van der Waals surface area contributed by atoms with Crippen LogP contribution in [0.3, 0.4) is 0 Å². The van der Waals surface area contributed by atoms with Crippen molar-refractivity contribution in [1.82, 2.24) is 10.3 Å². The van der Waals surface area contributed by atoms with Gasteiger partial charge in [-0.05, 0) is 18.6 Å². The topological polar surface area (TPSA) is 86.5 Å². The molecule has 3 N–H and O–H groups in total. The van der Waals surface area contributed by atoms with Crippen LogP contribution < -0.4 is 11.1 Å². The molecule has 1 heterocycles. The zero-order valence-electron chi connectivity index (χ0n) is 12.2. The number of carbonyl (C=O) groups excluding carboxylic acids is 1. The van der Waals surface area contributed by atoms with Gasteiger partial charge in [-0.1, -0.05) is 11.8 Å². The lowest BCUT2D eigenvalue weighted by atomic mass is 10.2. The van der Waals surface area contributed by atoms with E-state index in [1.807, 2.05) is 0 Å². The van der Waals surface area contributed by atoms with Crippen molar-refractivity contribution in [2.45, 2.75) is 6.42 Å². The maximum absolute atomic E-state index is 12.0. The molecule has 0 saturated heterocycles. The molecule has 0 aliphatic rings.